The Balaban J connectivity index is 1.59. The molecule has 0 saturated carbocycles. The number of rotatable bonds is 6. The summed E-state index contributed by atoms with van der Waals surface area (Å²) in [6.45, 7) is 2.36. The molecule has 0 amide bonds. The Morgan fingerprint density at radius 3 is 2.89 bits per heavy atom. The third-order valence-corrected chi connectivity index (χ3v) is 12.6. The van der Waals surface area contributed by atoms with E-state index < -0.39 is 6.04 Å². The standard InChI is InChI=1S/C21H26N3PS2/c1-15-9-10-25(26,14-15)19(21-24-13-20(22-2)27-21)8-7-16-11-17-5-3-4-6-18(17)23-12-16/h3-6,11-13,15,19,22H,7-10,14H2,1-2H3/t15-,19?,25?/m0/s1. The summed E-state index contributed by atoms with van der Waals surface area (Å²) in [5.74, 6) is 0.768. The monoisotopic (exact) mass is 415 g/mol. The minimum Gasteiger partial charge on any atom is -0.379 e. The minimum atomic E-state index is -1.41. The zero-order chi connectivity index (χ0) is 18.9. The largest absolute Gasteiger partial charge is 0.379 e. The van der Waals surface area contributed by atoms with Gasteiger partial charge in [-0.1, -0.05) is 36.9 Å². The predicted molar refractivity (Wildman–Crippen MR) is 122 cm³/mol. The van der Waals surface area contributed by atoms with Crippen molar-refractivity contribution in [3.63, 3.8) is 0 Å². The van der Waals surface area contributed by atoms with Crippen molar-refractivity contribution < 1.29 is 0 Å². The van der Waals surface area contributed by atoms with Gasteiger partial charge in [-0.05, 0) is 61.2 Å². The van der Waals surface area contributed by atoms with Gasteiger partial charge in [0.2, 0.25) is 0 Å². The normalized spacial score (nSPS) is 23.6. The maximum Gasteiger partial charge on any atom is 0.108 e. The molecule has 1 aliphatic heterocycles. The summed E-state index contributed by atoms with van der Waals surface area (Å²) in [4.78, 5) is 9.40. The van der Waals surface area contributed by atoms with Gasteiger partial charge in [-0.2, -0.15) is 0 Å². The summed E-state index contributed by atoms with van der Waals surface area (Å²) in [5, 5.41) is 6.83. The fraction of sp³-hybridized carbons (Fsp3) is 0.429. The van der Waals surface area contributed by atoms with Gasteiger partial charge in [0.15, 0.2) is 0 Å². The van der Waals surface area contributed by atoms with Gasteiger partial charge in [-0.25, -0.2) is 4.98 Å². The second-order valence-corrected chi connectivity index (χ2v) is 14.2. The lowest BCUT2D eigenvalue weighted by Crippen LogP contribution is -2.05. The van der Waals surface area contributed by atoms with Crippen LogP contribution in [0.3, 0.4) is 0 Å². The number of anilines is 1. The van der Waals surface area contributed by atoms with Gasteiger partial charge in [-0.3, -0.25) is 4.98 Å². The molecule has 0 bridgehead atoms. The summed E-state index contributed by atoms with van der Waals surface area (Å²) in [6, 6.07) is 9.21. The van der Waals surface area contributed by atoms with Gasteiger partial charge in [0.05, 0.1) is 11.7 Å². The average Bonchev–Trinajstić information content (AvgIpc) is 3.28. The quantitative estimate of drug-likeness (QED) is 0.507. The zero-order valence-electron chi connectivity index (χ0n) is 15.9. The summed E-state index contributed by atoms with van der Waals surface area (Å²) < 4.78 is 0. The van der Waals surface area contributed by atoms with Crippen LogP contribution in [0.25, 0.3) is 10.9 Å². The van der Waals surface area contributed by atoms with E-state index in [0.29, 0.717) is 5.66 Å². The first-order chi connectivity index (χ1) is 13.1. The topological polar surface area (TPSA) is 37.8 Å². The summed E-state index contributed by atoms with van der Waals surface area (Å²) >= 11 is 8.12. The van der Waals surface area contributed by atoms with Crippen LogP contribution in [0.4, 0.5) is 5.00 Å². The van der Waals surface area contributed by atoms with E-state index in [9.17, 15) is 0 Å². The molecule has 1 aromatic carbocycles. The van der Waals surface area contributed by atoms with Gasteiger partial charge in [0.1, 0.15) is 10.0 Å². The van der Waals surface area contributed by atoms with Crippen LogP contribution >= 0.6 is 17.4 Å². The lowest BCUT2D eigenvalue weighted by atomic mass is 10.1. The number of aromatic nitrogens is 2. The maximum atomic E-state index is 6.33. The SMILES string of the molecule is CNc1cnc(C(CCc2cnc3ccccc3c2)P2(=S)CC[C@H](C)C2)s1. The maximum absolute atomic E-state index is 6.33. The van der Waals surface area contributed by atoms with E-state index in [1.165, 1.54) is 34.7 Å². The number of thiazole rings is 1. The van der Waals surface area contributed by atoms with Crippen LogP contribution in [0, 0.1) is 5.92 Å². The van der Waals surface area contributed by atoms with Gasteiger partial charge in [-0.15, -0.1) is 11.3 Å². The molecule has 27 heavy (non-hydrogen) atoms. The van der Waals surface area contributed by atoms with Crippen molar-refractivity contribution in [2.75, 3.05) is 24.7 Å². The molecule has 0 aliphatic carbocycles. The Kier molecular flexibility index (Phi) is 5.63. The fourth-order valence-corrected chi connectivity index (χ4v) is 11.5. The highest BCUT2D eigenvalue weighted by Gasteiger charge is 2.37. The third-order valence-electron chi connectivity index (χ3n) is 5.60. The number of aryl methyl sites for hydroxylation is 1. The first-order valence-corrected chi connectivity index (χ1v) is 13.7. The van der Waals surface area contributed by atoms with Gasteiger partial charge < -0.3 is 5.32 Å². The lowest BCUT2D eigenvalue weighted by Gasteiger charge is -2.26. The highest BCUT2D eigenvalue weighted by atomic mass is 32.4. The first kappa shape index (κ1) is 19.0. The average molecular weight is 416 g/mol. The van der Waals surface area contributed by atoms with Crippen LogP contribution in [-0.2, 0) is 18.2 Å². The van der Waals surface area contributed by atoms with Crippen LogP contribution in [0.5, 0.6) is 0 Å². The van der Waals surface area contributed by atoms with Crippen molar-refractivity contribution in [3.8, 4) is 0 Å². The number of nitrogens with one attached hydrogen (secondary N) is 1. The van der Waals surface area contributed by atoms with Crippen LogP contribution < -0.4 is 5.32 Å². The molecule has 2 aromatic heterocycles. The fourth-order valence-electron chi connectivity index (χ4n) is 4.11. The van der Waals surface area contributed by atoms with Gasteiger partial charge in [0, 0.05) is 24.3 Å². The van der Waals surface area contributed by atoms with Crippen molar-refractivity contribution in [2.45, 2.75) is 31.8 Å². The number of hydrogen-bond acceptors (Lipinski definition) is 5. The molecule has 0 radical (unpaired) electrons. The molecule has 1 fully saturated rings. The van der Waals surface area contributed by atoms with E-state index in [4.69, 9.17) is 16.8 Å². The van der Waals surface area contributed by atoms with E-state index in [-0.39, 0.29) is 0 Å². The molecule has 1 aliphatic rings. The van der Waals surface area contributed by atoms with Crippen molar-refractivity contribution in [2.24, 2.45) is 5.92 Å². The van der Waals surface area contributed by atoms with Gasteiger partial charge >= 0.3 is 0 Å². The molecule has 1 N–H and O–H groups in total. The number of fused-ring (bicyclic) bond motifs is 1. The third kappa shape index (κ3) is 4.11. The molecular weight excluding hydrogens is 389 g/mol. The highest BCUT2D eigenvalue weighted by molar-refractivity contribution is 8.15. The smallest absolute Gasteiger partial charge is 0.108 e. The second kappa shape index (κ2) is 7.98. The van der Waals surface area contributed by atoms with Crippen LogP contribution in [0.2, 0.25) is 0 Å². The molecule has 1 saturated heterocycles. The van der Waals surface area contributed by atoms with Crippen molar-refractivity contribution in [1.82, 2.24) is 9.97 Å². The predicted octanol–water partition coefficient (Wildman–Crippen LogP) is 5.93. The molecule has 6 heteroatoms. The summed E-state index contributed by atoms with van der Waals surface area (Å²) in [5.41, 5.74) is 2.81. The van der Waals surface area contributed by atoms with E-state index in [1.54, 1.807) is 11.3 Å². The van der Waals surface area contributed by atoms with E-state index in [0.717, 1.165) is 29.3 Å². The molecule has 0 spiro atoms. The summed E-state index contributed by atoms with van der Waals surface area (Å²) in [6.07, 6.45) is 9.85. The number of hydrogen-bond donors (Lipinski definition) is 1. The number of para-hydroxylation sites is 1. The molecule has 3 nitrogen and oxygen atoms in total. The Labute approximate surface area is 170 Å². The van der Waals surface area contributed by atoms with Crippen molar-refractivity contribution >= 4 is 45.1 Å². The Bertz CT molecular complexity index is 984. The Morgan fingerprint density at radius 1 is 1.30 bits per heavy atom. The lowest BCUT2D eigenvalue weighted by molar-refractivity contribution is 0.668. The highest BCUT2D eigenvalue weighted by Crippen LogP contribution is 2.66. The van der Waals surface area contributed by atoms with E-state index in [2.05, 4.69) is 41.5 Å². The van der Waals surface area contributed by atoms with Crippen LogP contribution in [0.1, 0.15) is 36.0 Å². The van der Waals surface area contributed by atoms with Crippen molar-refractivity contribution in [3.05, 3.63) is 53.3 Å². The van der Waals surface area contributed by atoms with Gasteiger partial charge in [0.25, 0.3) is 0 Å². The second-order valence-electron chi connectivity index (χ2n) is 7.66. The Morgan fingerprint density at radius 2 is 2.15 bits per heavy atom. The number of pyridine rings is 1. The molecule has 4 rings (SSSR count). The molecule has 2 unspecified atom stereocenters. The van der Waals surface area contributed by atoms with E-state index >= 15 is 0 Å². The van der Waals surface area contributed by atoms with E-state index in [1.807, 2.05) is 25.5 Å². The Hall–Kier alpha value is -1.29. The number of benzene rings is 1. The summed E-state index contributed by atoms with van der Waals surface area (Å²) in [7, 11) is 1.96. The van der Waals surface area contributed by atoms with Crippen LogP contribution in [-0.4, -0.2) is 29.3 Å². The molecule has 3 heterocycles. The molecular formula is C21H26N3PS2. The van der Waals surface area contributed by atoms with Crippen LogP contribution in [0.15, 0.2) is 42.7 Å². The number of nitrogens with zero attached hydrogens (tertiary/aromatic N) is 2. The van der Waals surface area contributed by atoms with Crippen molar-refractivity contribution in [1.29, 1.82) is 0 Å². The molecule has 3 aromatic rings. The molecule has 3 atom stereocenters. The zero-order valence-corrected chi connectivity index (χ0v) is 18.4. The minimum absolute atomic E-state index is 0.441. The first-order valence-electron chi connectivity index (χ1n) is 9.62. The molecule has 142 valence electrons.